The summed E-state index contributed by atoms with van der Waals surface area (Å²) in [4.78, 5) is 2.67. The maximum absolute atomic E-state index is 2.67. The highest BCUT2D eigenvalue weighted by molar-refractivity contribution is 5.14. The lowest BCUT2D eigenvalue weighted by Gasteiger charge is -2.22. The smallest absolute Gasteiger partial charge is 0.0233 e. The van der Waals surface area contributed by atoms with Gasteiger partial charge in [-0.05, 0) is 31.5 Å². The van der Waals surface area contributed by atoms with Crippen molar-refractivity contribution in [2.75, 3.05) is 13.1 Å². The van der Waals surface area contributed by atoms with E-state index in [2.05, 4.69) is 35.2 Å². The van der Waals surface area contributed by atoms with Gasteiger partial charge in [-0.25, -0.2) is 0 Å². The zero-order valence-corrected chi connectivity index (χ0v) is 13.0. The highest BCUT2D eigenvalue weighted by Gasteiger charge is 2.06. The molecule has 0 atom stereocenters. The van der Waals surface area contributed by atoms with Crippen molar-refractivity contribution in [1.82, 2.24) is 4.90 Å². The van der Waals surface area contributed by atoms with E-state index in [1.165, 1.54) is 82.9 Å². The van der Waals surface area contributed by atoms with Crippen molar-refractivity contribution in [2.45, 2.75) is 70.8 Å². The Morgan fingerprint density at radius 2 is 1.05 bits per heavy atom. The van der Waals surface area contributed by atoms with E-state index in [1.807, 2.05) is 0 Å². The number of benzene rings is 1. The lowest BCUT2D eigenvalue weighted by molar-refractivity contribution is 0.253. The van der Waals surface area contributed by atoms with Gasteiger partial charge in [-0.1, -0.05) is 81.7 Å². The molecule has 1 aromatic carbocycles. The maximum Gasteiger partial charge on any atom is 0.0233 e. The lowest BCUT2D eigenvalue weighted by atomic mass is 10.1. The number of nitrogens with zero attached hydrogens (tertiary/aromatic N) is 1. The molecule has 1 aliphatic heterocycles. The van der Waals surface area contributed by atoms with Crippen LogP contribution in [-0.2, 0) is 6.54 Å². The van der Waals surface area contributed by atoms with E-state index in [4.69, 9.17) is 0 Å². The third-order valence-electron chi connectivity index (χ3n) is 4.45. The van der Waals surface area contributed by atoms with Crippen LogP contribution >= 0.6 is 0 Å². The van der Waals surface area contributed by atoms with Crippen LogP contribution in [0.3, 0.4) is 0 Å². The molecule has 0 radical (unpaired) electrons. The predicted molar refractivity (Wildman–Crippen MR) is 87.9 cm³/mol. The minimum atomic E-state index is 1.14. The second kappa shape index (κ2) is 9.99. The normalized spacial score (nSPS) is 20.6. The van der Waals surface area contributed by atoms with Crippen LogP contribution in [0.1, 0.15) is 69.8 Å². The zero-order valence-electron chi connectivity index (χ0n) is 13.0. The van der Waals surface area contributed by atoms with Gasteiger partial charge in [-0.3, -0.25) is 4.90 Å². The van der Waals surface area contributed by atoms with Gasteiger partial charge < -0.3 is 0 Å². The molecule has 1 fully saturated rings. The van der Waals surface area contributed by atoms with Crippen LogP contribution < -0.4 is 0 Å². The van der Waals surface area contributed by atoms with Crippen molar-refractivity contribution in [3.63, 3.8) is 0 Å². The summed E-state index contributed by atoms with van der Waals surface area (Å²) in [6, 6.07) is 11.0. The van der Waals surface area contributed by atoms with E-state index in [0.29, 0.717) is 0 Å². The first-order chi connectivity index (χ1) is 9.95. The maximum atomic E-state index is 2.67. The van der Waals surface area contributed by atoms with Gasteiger partial charge in [0.2, 0.25) is 0 Å². The Labute approximate surface area is 125 Å². The Bertz CT molecular complexity index is 319. The molecule has 0 N–H and O–H groups in total. The Morgan fingerprint density at radius 3 is 1.55 bits per heavy atom. The van der Waals surface area contributed by atoms with Crippen molar-refractivity contribution < 1.29 is 0 Å². The van der Waals surface area contributed by atoms with Gasteiger partial charge in [0.05, 0.1) is 0 Å². The van der Waals surface area contributed by atoms with E-state index in [0.717, 1.165) is 6.54 Å². The quantitative estimate of drug-likeness (QED) is 0.697. The molecule has 0 bridgehead atoms. The van der Waals surface area contributed by atoms with Gasteiger partial charge in [0.15, 0.2) is 0 Å². The molecule has 0 spiro atoms. The summed E-state index contributed by atoms with van der Waals surface area (Å²) in [6.07, 6.45) is 14.3. The first kappa shape index (κ1) is 15.6. The number of hydrogen-bond acceptors (Lipinski definition) is 1. The molecule has 1 nitrogen and oxygen atoms in total. The van der Waals surface area contributed by atoms with Crippen LogP contribution in [0.15, 0.2) is 30.3 Å². The van der Waals surface area contributed by atoms with Crippen LogP contribution in [-0.4, -0.2) is 18.0 Å². The van der Waals surface area contributed by atoms with Gasteiger partial charge in [0.25, 0.3) is 0 Å². The average Bonchev–Trinajstić information content (AvgIpc) is 2.50. The van der Waals surface area contributed by atoms with Gasteiger partial charge in [-0.15, -0.1) is 0 Å². The predicted octanol–water partition coefficient (Wildman–Crippen LogP) is 5.40. The monoisotopic (exact) mass is 273 g/mol. The second-order valence-electron chi connectivity index (χ2n) is 6.30. The largest absolute Gasteiger partial charge is 0.299 e. The highest BCUT2D eigenvalue weighted by Crippen LogP contribution is 2.14. The molecule has 2 rings (SSSR count). The van der Waals surface area contributed by atoms with E-state index in [9.17, 15) is 0 Å². The van der Waals surface area contributed by atoms with Crippen molar-refractivity contribution >= 4 is 0 Å². The lowest BCUT2D eigenvalue weighted by Crippen LogP contribution is -2.25. The Morgan fingerprint density at radius 1 is 0.600 bits per heavy atom. The molecule has 0 amide bonds. The highest BCUT2D eigenvalue weighted by atomic mass is 15.1. The fourth-order valence-corrected chi connectivity index (χ4v) is 3.20. The molecule has 0 aromatic heterocycles. The first-order valence-electron chi connectivity index (χ1n) is 8.71. The molecule has 20 heavy (non-hydrogen) atoms. The van der Waals surface area contributed by atoms with Crippen molar-refractivity contribution in [1.29, 1.82) is 0 Å². The van der Waals surface area contributed by atoms with Crippen molar-refractivity contribution in [3.05, 3.63) is 35.9 Å². The van der Waals surface area contributed by atoms with E-state index in [1.54, 1.807) is 0 Å². The summed E-state index contributed by atoms with van der Waals surface area (Å²) in [5, 5.41) is 0. The standard InChI is InChI=1S/C19H31N/c1-2-4-6-8-13-17-20(16-12-7-5-3-1)18-19-14-10-9-11-15-19/h9-11,14-15H,1-8,12-13,16-18H2. The molecule has 112 valence electrons. The van der Waals surface area contributed by atoms with Gasteiger partial charge in [0, 0.05) is 6.54 Å². The molecule has 1 aromatic rings. The molecular weight excluding hydrogens is 242 g/mol. The Kier molecular flexibility index (Phi) is 7.77. The van der Waals surface area contributed by atoms with E-state index < -0.39 is 0 Å². The average molecular weight is 273 g/mol. The van der Waals surface area contributed by atoms with Crippen molar-refractivity contribution in [2.24, 2.45) is 0 Å². The summed E-state index contributed by atoms with van der Waals surface area (Å²) in [6.45, 7) is 3.71. The SMILES string of the molecule is c1ccc(CN2CCCCCCCCCCCC2)cc1. The number of hydrogen-bond donors (Lipinski definition) is 0. The van der Waals surface area contributed by atoms with Gasteiger partial charge >= 0.3 is 0 Å². The molecular formula is C19H31N. The van der Waals surface area contributed by atoms with Crippen molar-refractivity contribution in [3.8, 4) is 0 Å². The Hall–Kier alpha value is -0.820. The summed E-state index contributed by atoms with van der Waals surface area (Å²) in [5.41, 5.74) is 1.47. The van der Waals surface area contributed by atoms with Crippen LogP contribution in [0.4, 0.5) is 0 Å². The van der Waals surface area contributed by atoms with Crippen LogP contribution in [0.2, 0.25) is 0 Å². The van der Waals surface area contributed by atoms with Crippen LogP contribution in [0.5, 0.6) is 0 Å². The zero-order chi connectivity index (χ0) is 13.9. The molecule has 1 heterocycles. The molecule has 0 saturated carbocycles. The third kappa shape index (κ3) is 6.56. The van der Waals surface area contributed by atoms with Crippen LogP contribution in [0.25, 0.3) is 0 Å². The number of rotatable bonds is 2. The van der Waals surface area contributed by atoms with E-state index in [-0.39, 0.29) is 0 Å². The fraction of sp³-hybridized carbons (Fsp3) is 0.684. The molecule has 1 saturated heterocycles. The summed E-state index contributed by atoms with van der Waals surface area (Å²) >= 11 is 0. The van der Waals surface area contributed by atoms with E-state index >= 15 is 0 Å². The molecule has 1 heteroatoms. The summed E-state index contributed by atoms with van der Waals surface area (Å²) < 4.78 is 0. The summed E-state index contributed by atoms with van der Waals surface area (Å²) in [7, 11) is 0. The van der Waals surface area contributed by atoms with Gasteiger partial charge in [-0.2, -0.15) is 0 Å². The minimum Gasteiger partial charge on any atom is -0.299 e. The fourth-order valence-electron chi connectivity index (χ4n) is 3.20. The first-order valence-corrected chi connectivity index (χ1v) is 8.71. The summed E-state index contributed by atoms with van der Waals surface area (Å²) in [5.74, 6) is 0. The van der Waals surface area contributed by atoms with Crippen LogP contribution in [0, 0.1) is 0 Å². The molecule has 0 aliphatic carbocycles. The Balaban J connectivity index is 1.80. The third-order valence-corrected chi connectivity index (χ3v) is 4.45. The topological polar surface area (TPSA) is 3.24 Å². The second-order valence-corrected chi connectivity index (χ2v) is 6.30. The molecule has 1 aliphatic rings. The molecule has 0 unspecified atom stereocenters. The van der Waals surface area contributed by atoms with Gasteiger partial charge in [0.1, 0.15) is 0 Å². The minimum absolute atomic E-state index is 1.14.